The van der Waals surface area contributed by atoms with E-state index in [1.54, 1.807) is 0 Å². The zero-order valence-electron chi connectivity index (χ0n) is 28.8. The maximum atomic E-state index is 5.59. The van der Waals surface area contributed by atoms with E-state index in [2.05, 4.69) is 159 Å². The molecule has 0 spiro atoms. The van der Waals surface area contributed by atoms with Gasteiger partial charge in [0, 0.05) is 32.3 Å². The van der Waals surface area contributed by atoms with E-state index < -0.39 is 0 Å². The molecule has 12 aromatic rings. The SMILES string of the molecule is Cc1cc(-c2c3ccccc3c3nc4ccc5c(-c6cc(C)cc7ccccc67)c6ccccc6c6nc7ccc2c3c7c4c56)c2ccccc2c1. The Morgan fingerprint density at radius 2 is 0.712 bits per heavy atom. The molecule has 0 aliphatic carbocycles. The normalized spacial score (nSPS) is 12.4. The van der Waals surface area contributed by atoms with Crippen LogP contribution in [0.25, 0.3) is 120 Å². The summed E-state index contributed by atoms with van der Waals surface area (Å²) >= 11 is 0. The van der Waals surface area contributed by atoms with Gasteiger partial charge in [-0.05, 0) is 102 Å². The largest absolute Gasteiger partial charge is 0.247 e. The van der Waals surface area contributed by atoms with Crippen molar-refractivity contribution in [1.82, 2.24) is 9.97 Å². The second-order valence-electron chi connectivity index (χ2n) is 14.6. The van der Waals surface area contributed by atoms with Gasteiger partial charge >= 0.3 is 0 Å². The van der Waals surface area contributed by atoms with Gasteiger partial charge in [-0.2, -0.15) is 0 Å². The third-order valence-electron chi connectivity index (χ3n) is 11.5. The van der Waals surface area contributed by atoms with Crippen LogP contribution in [-0.2, 0) is 0 Å². The fraction of sp³-hybridized carbons (Fsp3) is 0.0400. The third kappa shape index (κ3) is 3.58. The fourth-order valence-electron chi connectivity index (χ4n) is 9.55. The van der Waals surface area contributed by atoms with Gasteiger partial charge in [0.15, 0.2) is 0 Å². The number of nitrogens with zero attached hydrogens (tertiary/aromatic N) is 2. The van der Waals surface area contributed by atoms with Gasteiger partial charge in [0.05, 0.1) is 22.1 Å². The molecule has 2 heterocycles. The van der Waals surface area contributed by atoms with E-state index in [-0.39, 0.29) is 0 Å². The molecule has 0 N–H and O–H groups in total. The quantitative estimate of drug-likeness (QED) is 0.136. The summed E-state index contributed by atoms with van der Waals surface area (Å²) in [6, 6.07) is 53.7. The molecule has 2 aromatic heterocycles. The van der Waals surface area contributed by atoms with Gasteiger partial charge in [0.25, 0.3) is 0 Å². The van der Waals surface area contributed by atoms with E-state index in [9.17, 15) is 0 Å². The van der Waals surface area contributed by atoms with Crippen LogP contribution in [-0.4, -0.2) is 9.97 Å². The van der Waals surface area contributed by atoms with Gasteiger partial charge in [-0.1, -0.05) is 133 Å². The number of hydrogen-bond donors (Lipinski definition) is 0. The first-order valence-electron chi connectivity index (χ1n) is 18.1. The third-order valence-corrected chi connectivity index (χ3v) is 11.5. The highest BCUT2D eigenvalue weighted by atomic mass is 14.7. The fourth-order valence-corrected chi connectivity index (χ4v) is 9.55. The molecule has 0 fully saturated rings. The molecule has 0 aliphatic heterocycles. The summed E-state index contributed by atoms with van der Waals surface area (Å²) in [5.41, 5.74) is 11.7. The Morgan fingerprint density at radius 3 is 1.15 bits per heavy atom. The Labute approximate surface area is 299 Å². The minimum atomic E-state index is 1.01. The minimum Gasteiger partial charge on any atom is -0.247 e. The van der Waals surface area contributed by atoms with Crippen molar-refractivity contribution in [3.05, 3.63) is 157 Å². The van der Waals surface area contributed by atoms with Crippen molar-refractivity contribution in [3.63, 3.8) is 0 Å². The molecule has 0 atom stereocenters. The molecule has 0 saturated carbocycles. The van der Waals surface area contributed by atoms with Gasteiger partial charge in [-0.25, -0.2) is 9.97 Å². The average Bonchev–Trinajstić information content (AvgIpc) is 3.18. The van der Waals surface area contributed by atoms with Crippen LogP contribution >= 0.6 is 0 Å². The van der Waals surface area contributed by atoms with E-state index in [0.717, 1.165) is 22.1 Å². The standard InChI is InChI=1S/C50H30N2/c1-27-23-29-11-3-5-13-31(29)39(25-27)43-33-15-7-9-17-35(33)49-45-37(43)19-21-41-47(45)48-42(51-49)22-20-38-44(34-16-8-10-18-36(34)50(52-41)46(38)48)40-26-28(2)24-30-12-4-6-14-32(30)40/h3-26H,1-2H3. The monoisotopic (exact) mass is 658 g/mol. The molecule has 2 heteroatoms. The summed E-state index contributed by atoms with van der Waals surface area (Å²) in [6.45, 7) is 4.41. The zero-order chi connectivity index (χ0) is 34.2. The Balaban J connectivity index is 1.32. The summed E-state index contributed by atoms with van der Waals surface area (Å²) in [4.78, 5) is 11.2. The molecule has 12 rings (SSSR count). The molecule has 2 nitrogen and oxygen atoms in total. The number of benzene rings is 10. The van der Waals surface area contributed by atoms with Crippen molar-refractivity contribution in [2.45, 2.75) is 13.8 Å². The zero-order valence-corrected chi connectivity index (χ0v) is 28.8. The average molecular weight is 659 g/mol. The van der Waals surface area contributed by atoms with Crippen molar-refractivity contribution < 1.29 is 0 Å². The van der Waals surface area contributed by atoms with Crippen molar-refractivity contribution in [3.8, 4) is 22.3 Å². The lowest BCUT2D eigenvalue weighted by molar-refractivity contribution is 1.49. The molecule has 0 radical (unpaired) electrons. The summed E-state index contributed by atoms with van der Waals surface area (Å²) < 4.78 is 0. The van der Waals surface area contributed by atoms with Gasteiger partial charge in [0.2, 0.25) is 0 Å². The number of pyridine rings is 2. The number of aromatic nitrogens is 2. The first-order chi connectivity index (χ1) is 25.6. The molecular formula is C50H30N2. The van der Waals surface area contributed by atoms with Crippen LogP contribution in [0.4, 0.5) is 0 Å². The molecule has 0 aliphatic rings. The first-order valence-corrected chi connectivity index (χ1v) is 18.1. The predicted octanol–water partition coefficient (Wildman–Crippen LogP) is 13.7. The van der Waals surface area contributed by atoms with E-state index in [4.69, 9.17) is 9.97 Å². The Bertz CT molecular complexity index is 3250. The highest BCUT2D eigenvalue weighted by molar-refractivity contribution is 6.41. The maximum Gasteiger partial charge on any atom is 0.0801 e. The Morgan fingerprint density at radius 1 is 0.327 bits per heavy atom. The summed E-state index contributed by atoms with van der Waals surface area (Å²) in [5.74, 6) is 0. The van der Waals surface area contributed by atoms with Crippen LogP contribution in [0, 0.1) is 13.8 Å². The van der Waals surface area contributed by atoms with Crippen LogP contribution < -0.4 is 0 Å². The number of fused-ring (bicyclic) bond motifs is 6. The van der Waals surface area contributed by atoms with E-state index in [1.165, 1.54) is 109 Å². The summed E-state index contributed by atoms with van der Waals surface area (Å²) in [5, 5.41) is 17.1. The maximum absolute atomic E-state index is 5.59. The molecule has 0 amide bonds. The van der Waals surface area contributed by atoms with Crippen molar-refractivity contribution in [1.29, 1.82) is 0 Å². The lowest BCUT2D eigenvalue weighted by atomic mass is 9.83. The van der Waals surface area contributed by atoms with Crippen molar-refractivity contribution in [2.24, 2.45) is 0 Å². The van der Waals surface area contributed by atoms with Crippen LogP contribution in [0.2, 0.25) is 0 Å². The summed E-state index contributed by atoms with van der Waals surface area (Å²) in [6.07, 6.45) is 0. The molecule has 52 heavy (non-hydrogen) atoms. The second-order valence-corrected chi connectivity index (χ2v) is 14.6. The molecule has 240 valence electrons. The summed E-state index contributed by atoms with van der Waals surface area (Å²) in [7, 11) is 0. The van der Waals surface area contributed by atoms with Gasteiger partial charge < -0.3 is 0 Å². The van der Waals surface area contributed by atoms with Gasteiger partial charge in [-0.3, -0.25) is 0 Å². The van der Waals surface area contributed by atoms with Crippen molar-refractivity contribution >= 4 is 97.5 Å². The highest BCUT2D eigenvalue weighted by Gasteiger charge is 2.25. The molecule has 10 aromatic carbocycles. The van der Waals surface area contributed by atoms with Gasteiger partial charge in [0.1, 0.15) is 0 Å². The molecule has 0 bridgehead atoms. The Kier molecular flexibility index (Phi) is 5.40. The van der Waals surface area contributed by atoms with Crippen LogP contribution in [0.1, 0.15) is 11.1 Å². The Hall–Kier alpha value is -6.64. The highest BCUT2D eigenvalue weighted by Crippen LogP contribution is 2.51. The minimum absolute atomic E-state index is 1.01. The van der Waals surface area contributed by atoms with E-state index in [0.29, 0.717) is 0 Å². The molecular weight excluding hydrogens is 629 g/mol. The molecule has 0 saturated heterocycles. The molecule has 0 unspecified atom stereocenters. The lowest BCUT2D eigenvalue weighted by Crippen LogP contribution is -1.99. The van der Waals surface area contributed by atoms with E-state index in [1.807, 2.05) is 0 Å². The number of rotatable bonds is 2. The van der Waals surface area contributed by atoms with Crippen LogP contribution in [0.3, 0.4) is 0 Å². The van der Waals surface area contributed by atoms with Crippen LogP contribution in [0.15, 0.2) is 146 Å². The van der Waals surface area contributed by atoms with E-state index >= 15 is 0 Å². The van der Waals surface area contributed by atoms with Crippen LogP contribution in [0.5, 0.6) is 0 Å². The smallest absolute Gasteiger partial charge is 0.0801 e. The lowest BCUT2D eigenvalue weighted by Gasteiger charge is -2.22. The first kappa shape index (κ1) is 28.1. The van der Waals surface area contributed by atoms with Gasteiger partial charge in [-0.15, -0.1) is 0 Å². The van der Waals surface area contributed by atoms with Crippen molar-refractivity contribution in [2.75, 3.05) is 0 Å². The number of hydrogen-bond acceptors (Lipinski definition) is 2. The number of aryl methyl sites for hydroxylation is 2. The topological polar surface area (TPSA) is 25.8 Å². The predicted molar refractivity (Wildman–Crippen MR) is 222 cm³/mol. The second kappa shape index (κ2) is 9.99.